The predicted molar refractivity (Wildman–Crippen MR) is 409 cm³/mol. The van der Waals surface area contributed by atoms with Crippen LogP contribution in [0.3, 0.4) is 0 Å². The standard InChI is InChI=1S/C32H27N3.C31H25N3.C28H18FN3.3Pt/c1-32(2,3)26-20-22-27(23-21-26)35(30-18-10-16-28(33-30)24-12-6-4-7-13-24)31-19-11-17-29(34-31)25-14-8-5-9-15-25;1-22-20-23(2)31(24(3)21-22)34(29-18-10-16-27(32-29)25-12-6-4-7-13-25)30-19-11-17-28(33-30)26-14-8-5-9-15-26;29-23-13-15-24(16-14-23)32(25-9-5-7-21(19-25)27-11-1-3-17-30-27)26-10-6-8-22(20-26)28-12-2-4-18-31-28;;;/h4-12,14,16-23H,1-3H3;4-12,14,16-21H,1-3H3;1-18H;;;/q3*-2;3*+2. The van der Waals surface area contributed by atoms with Crippen LogP contribution in [0.25, 0.3) is 67.5 Å². The fraction of sp³-hybridized carbons (Fsp3) is 0.0769. The number of rotatable bonds is 15. The van der Waals surface area contributed by atoms with Crippen LogP contribution in [0, 0.1) is 63.0 Å². The molecule has 0 unspecified atom stereocenters. The number of halogens is 1. The van der Waals surface area contributed by atoms with Gasteiger partial charge in [0.2, 0.25) is 0 Å². The maximum absolute atomic E-state index is 13.7. The maximum atomic E-state index is 13.7. The van der Waals surface area contributed by atoms with Gasteiger partial charge < -0.3 is 14.9 Å². The molecule has 0 radical (unpaired) electrons. The molecule has 0 aliphatic carbocycles. The molecule has 0 fully saturated rings. The van der Waals surface area contributed by atoms with Gasteiger partial charge >= 0.3 is 63.2 Å². The number of hydrogen-bond acceptors (Lipinski definition) is 9. The minimum atomic E-state index is -0.286. The van der Waals surface area contributed by atoms with Gasteiger partial charge in [-0.25, -0.2) is 4.39 Å². The zero-order valence-electron chi connectivity index (χ0n) is 57.9. The molecule has 0 bridgehead atoms. The van der Waals surface area contributed by atoms with Crippen LogP contribution in [0.5, 0.6) is 0 Å². The van der Waals surface area contributed by atoms with Gasteiger partial charge in [0.15, 0.2) is 0 Å². The van der Waals surface area contributed by atoms with E-state index in [4.69, 9.17) is 19.9 Å². The molecule has 9 aromatic carbocycles. The van der Waals surface area contributed by atoms with Gasteiger partial charge in [0, 0.05) is 23.8 Å². The van der Waals surface area contributed by atoms with Crippen molar-refractivity contribution in [3.8, 4) is 67.5 Å². The zero-order chi connectivity index (χ0) is 69.5. The van der Waals surface area contributed by atoms with E-state index in [1.807, 2.05) is 248 Å². The SMILES string of the molecule is CC(C)(C)c1ccc(N(c2cccc(-c3[c-]cccc3)n2)c2cccc(-c3[c-]cccc3)n2)cc1.Cc1cc(C)c(N(c2cccc(-c3[c-]cccc3)n2)c2cccc(-c3[c-]cccc3)n2)c(C)c1.Fc1ccc(N(c2[c-]c(-c3ccccn3)ccc2)c2[c-]c(-c3ccccn3)ccc2)cc1.[Pt+2].[Pt+2].[Pt+2]. The third-order valence-electron chi connectivity index (χ3n) is 16.7. The second kappa shape index (κ2) is 35.9. The molecule has 15 aromatic rings. The summed E-state index contributed by atoms with van der Waals surface area (Å²) >= 11 is 0. The number of benzene rings is 9. The Labute approximate surface area is 653 Å². The van der Waals surface area contributed by atoms with Crippen LogP contribution in [0.2, 0.25) is 0 Å². The van der Waals surface area contributed by atoms with Crippen molar-refractivity contribution < 1.29 is 67.6 Å². The van der Waals surface area contributed by atoms with Gasteiger partial charge in [-0.2, -0.15) is 0 Å². The summed E-state index contributed by atoms with van der Waals surface area (Å²) in [6, 6.07) is 119. The molecule has 15 rings (SSSR count). The molecule has 0 aliphatic rings. The largest absolute Gasteiger partial charge is 2.00 e. The number of aromatic nitrogens is 6. The smallest absolute Gasteiger partial charge is 0.346 e. The topological polar surface area (TPSA) is 87.1 Å². The summed E-state index contributed by atoms with van der Waals surface area (Å²) in [7, 11) is 0. The molecule has 104 heavy (non-hydrogen) atoms. The molecular formula is C91H70FN9Pt3. The van der Waals surface area contributed by atoms with E-state index in [-0.39, 0.29) is 74.4 Å². The van der Waals surface area contributed by atoms with Crippen molar-refractivity contribution in [2.45, 2.75) is 47.0 Å². The van der Waals surface area contributed by atoms with Gasteiger partial charge in [-0.15, -0.1) is 203 Å². The van der Waals surface area contributed by atoms with E-state index >= 15 is 0 Å². The molecule has 516 valence electrons. The molecule has 13 heteroatoms. The molecule has 0 aliphatic heterocycles. The van der Waals surface area contributed by atoms with Crippen molar-refractivity contribution in [3.05, 3.63) is 380 Å². The third-order valence-corrected chi connectivity index (χ3v) is 16.7. The molecule has 0 saturated carbocycles. The van der Waals surface area contributed by atoms with E-state index in [9.17, 15) is 4.39 Å². The van der Waals surface area contributed by atoms with E-state index in [0.29, 0.717) is 0 Å². The van der Waals surface area contributed by atoms with E-state index in [1.165, 1.54) is 34.4 Å². The van der Waals surface area contributed by atoms with Crippen LogP contribution in [0.4, 0.5) is 56.1 Å². The summed E-state index contributed by atoms with van der Waals surface area (Å²) in [5.74, 6) is 2.93. The molecule has 0 amide bonds. The monoisotopic (exact) mass is 1890 g/mol. The number of nitrogens with zero attached hydrogens (tertiary/aromatic N) is 9. The van der Waals surface area contributed by atoms with E-state index in [2.05, 4.69) is 134 Å². The first-order chi connectivity index (χ1) is 49.4. The quantitative estimate of drug-likeness (QED) is 0.0932. The molecule has 0 atom stereocenters. The number of hydrogen-bond donors (Lipinski definition) is 0. The Morgan fingerprint density at radius 2 is 0.644 bits per heavy atom. The van der Waals surface area contributed by atoms with Crippen molar-refractivity contribution in [1.82, 2.24) is 29.9 Å². The normalized spacial score (nSPS) is 10.6. The second-order valence-electron chi connectivity index (χ2n) is 25.0. The van der Waals surface area contributed by atoms with Crippen molar-refractivity contribution in [2.75, 3.05) is 14.7 Å². The first-order valence-corrected chi connectivity index (χ1v) is 33.4. The number of aryl methyl sites for hydroxylation is 3. The average molecular weight is 1890 g/mol. The fourth-order valence-corrected chi connectivity index (χ4v) is 11.9. The van der Waals surface area contributed by atoms with Crippen molar-refractivity contribution in [1.29, 1.82) is 0 Å². The number of anilines is 9. The van der Waals surface area contributed by atoms with Gasteiger partial charge in [-0.05, 0) is 161 Å². The van der Waals surface area contributed by atoms with Crippen molar-refractivity contribution in [2.24, 2.45) is 0 Å². The summed E-state index contributed by atoms with van der Waals surface area (Å²) in [6.07, 6.45) is 3.52. The summed E-state index contributed by atoms with van der Waals surface area (Å²) < 4.78 is 13.7. The molecule has 9 nitrogen and oxygen atoms in total. The Morgan fingerprint density at radius 1 is 0.317 bits per heavy atom. The Morgan fingerprint density at radius 3 is 0.990 bits per heavy atom. The van der Waals surface area contributed by atoms with Gasteiger partial charge in [0.25, 0.3) is 0 Å². The van der Waals surface area contributed by atoms with Gasteiger partial charge in [-0.1, -0.05) is 123 Å². The Hall–Kier alpha value is -10.7. The van der Waals surface area contributed by atoms with Gasteiger partial charge in [0.05, 0.1) is 5.69 Å². The molecular weight excluding hydrogens is 1820 g/mol. The maximum Gasteiger partial charge on any atom is 2.00 e. The average Bonchev–Trinajstić information content (AvgIpc) is 0.786. The van der Waals surface area contributed by atoms with E-state index in [0.717, 1.165) is 119 Å². The Kier molecular flexibility index (Phi) is 26.2. The van der Waals surface area contributed by atoms with E-state index in [1.54, 1.807) is 24.5 Å². The second-order valence-corrected chi connectivity index (χ2v) is 25.0. The molecule has 0 N–H and O–H groups in total. The summed E-state index contributed by atoms with van der Waals surface area (Å²) in [6.45, 7) is 13.1. The zero-order valence-corrected chi connectivity index (χ0v) is 64.7. The molecule has 0 saturated heterocycles. The van der Waals surface area contributed by atoms with Crippen molar-refractivity contribution >= 4 is 51.7 Å². The Bertz CT molecular complexity index is 4940. The first-order valence-electron chi connectivity index (χ1n) is 33.4. The minimum Gasteiger partial charge on any atom is -0.346 e. The summed E-state index contributed by atoms with van der Waals surface area (Å²) in [5, 5.41) is 0. The first kappa shape index (κ1) is 75.9. The summed E-state index contributed by atoms with van der Waals surface area (Å²) in [5.41, 5.74) is 20.2. The van der Waals surface area contributed by atoms with Crippen LogP contribution in [-0.2, 0) is 68.6 Å². The molecule has 6 heterocycles. The van der Waals surface area contributed by atoms with Crippen molar-refractivity contribution in [3.63, 3.8) is 0 Å². The fourth-order valence-electron chi connectivity index (χ4n) is 11.9. The van der Waals surface area contributed by atoms with Gasteiger partial charge in [0.1, 0.15) is 29.1 Å². The van der Waals surface area contributed by atoms with Crippen LogP contribution in [0.1, 0.15) is 43.0 Å². The third kappa shape index (κ3) is 18.7. The number of pyridine rings is 6. The van der Waals surface area contributed by atoms with Crippen LogP contribution in [0.15, 0.2) is 316 Å². The van der Waals surface area contributed by atoms with Gasteiger partial charge in [-0.3, -0.25) is 29.7 Å². The van der Waals surface area contributed by atoms with Crippen LogP contribution >= 0.6 is 0 Å². The van der Waals surface area contributed by atoms with Crippen LogP contribution < -0.4 is 14.7 Å². The summed E-state index contributed by atoms with van der Waals surface area (Å²) in [4.78, 5) is 35.3. The predicted octanol–water partition coefficient (Wildman–Crippen LogP) is 23.0. The molecule has 0 spiro atoms. The Balaban J connectivity index is 0.000000165. The molecule has 6 aromatic heterocycles. The minimum absolute atomic E-state index is 0. The van der Waals surface area contributed by atoms with E-state index < -0.39 is 0 Å². The van der Waals surface area contributed by atoms with Crippen LogP contribution in [-0.4, -0.2) is 29.9 Å².